The van der Waals surface area contributed by atoms with Crippen molar-refractivity contribution in [2.45, 2.75) is 33.2 Å². The Morgan fingerprint density at radius 2 is 1.96 bits per heavy atom. The molecule has 1 N–H and O–H groups in total. The van der Waals surface area contributed by atoms with Gasteiger partial charge in [0.25, 0.3) is 0 Å². The minimum absolute atomic E-state index is 0.0308. The molecule has 3 nitrogen and oxygen atoms in total. The zero-order valence-electron chi connectivity index (χ0n) is 14.7. The van der Waals surface area contributed by atoms with Crippen molar-refractivity contribution in [3.05, 3.63) is 59.7 Å². The van der Waals surface area contributed by atoms with Crippen molar-refractivity contribution >= 4 is 23.2 Å². The molecule has 1 aliphatic rings. The quantitative estimate of drug-likeness (QED) is 0.792. The number of rotatable bonds is 3. The average Bonchev–Trinajstić information content (AvgIpc) is 2.53. The molecule has 24 heavy (non-hydrogen) atoms. The normalized spacial score (nSPS) is 16.2. The van der Waals surface area contributed by atoms with Crippen LogP contribution in [0.2, 0.25) is 0 Å². The molecular formula is C21H24N2O. The fraction of sp³-hybridized carbons (Fsp3) is 0.286. The first kappa shape index (κ1) is 16.3. The molecule has 1 heterocycles. The molecule has 0 amide bonds. The van der Waals surface area contributed by atoms with Gasteiger partial charge in [-0.2, -0.15) is 0 Å². The van der Waals surface area contributed by atoms with Crippen molar-refractivity contribution in [2.75, 3.05) is 11.4 Å². The predicted molar refractivity (Wildman–Crippen MR) is 103 cm³/mol. The molecule has 0 spiro atoms. The third-order valence-corrected chi connectivity index (χ3v) is 4.51. The van der Waals surface area contributed by atoms with Crippen LogP contribution in [0.4, 0.5) is 11.4 Å². The van der Waals surface area contributed by atoms with Crippen molar-refractivity contribution < 1.29 is 5.11 Å². The monoisotopic (exact) mass is 320 g/mol. The van der Waals surface area contributed by atoms with E-state index >= 15 is 0 Å². The number of phenolic OH excluding ortho intramolecular Hbond substituents is 1. The maximum atomic E-state index is 9.52. The summed E-state index contributed by atoms with van der Waals surface area (Å²) in [4.78, 5) is 6.88. The molecule has 3 rings (SSSR count). The highest BCUT2D eigenvalue weighted by atomic mass is 16.3. The number of anilines is 1. The van der Waals surface area contributed by atoms with Gasteiger partial charge in [0.1, 0.15) is 5.75 Å². The highest BCUT2D eigenvalue weighted by Crippen LogP contribution is 2.38. The number of aromatic hydroxyl groups is 1. The maximum absolute atomic E-state index is 9.52. The van der Waals surface area contributed by atoms with E-state index in [4.69, 9.17) is 0 Å². The van der Waals surface area contributed by atoms with Crippen molar-refractivity contribution in [1.29, 1.82) is 0 Å². The van der Waals surface area contributed by atoms with Gasteiger partial charge in [-0.1, -0.05) is 18.2 Å². The molecule has 0 saturated heterocycles. The summed E-state index contributed by atoms with van der Waals surface area (Å²) in [6, 6.07) is 13.4. The molecule has 0 saturated carbocycles. The van der Waals surface area contributed by atoms with Crippen molar-refractivity contribution in [3.63, 3.8) is 0 Å². The number of nitrogens with zero attached hydrogens (tertiary/aromatic N) is 2. The van der Waals surface area contributed by atoms with Gasteiger partial charge in [-0.15, -0.1) is 0 Å². The van der Waals surface area contributed by atoms with Crippen LogP contribution < -0.4 is 4.90 Å². The largest absolute Gasteiger partial charge is 0.508 e. The van der Waals surface area contributed by atoms with Crippen LogP contribution in [0.1, 0.15) is 38.8 Å². The van der Waals surface area contributed by atoms with E-state index in [1.165, 1.54) is 16.8 Å². The summed E-state index contributed by atoms with van der Waals surface area (Å²) in [5.41, 5.74) is 5.67. The van der Waals surface area contributed by atoms with E-state index in [0.29, 0.717) is 0 Å². The molecule has 124 valence electrons. The highest BCUT2D eigenvalue weighted by Gasteiger charge is 2.29. The van der Waals surface area contributed by atoms with Crippen molar-refractivity contribution in [3.8, 4) is 5.75 Å². The smallest absolute Gasteiger partial charge is 0.117 e. The summed E-state index contributed by atoms with van der Waals surface area (Å²) < 4.78 is 0. The van der Waals surface area contributed by atoms with Gasteiger partial charge in [-0.3, -0.25) is 4.99 Å². The molecule has 0 aromatic heterocycles. The summed E-state index contributed by atoms with van der Waals surface area (Å²) in [5.74, 6) is 0.231. The molecular weight excluding hydrogens is 296 g/mol. The topological polar surface area (TPSA) is 35.8 Å². The van der Waals surface area contributed by atoms with Gasteiger partial charge in [0, 0.05) is 30.1 Å². The molecule has 0 fully saturated rings. The molecule has 1 aliphatic heterocycles. The van der Waals surface area contributed by atoms with Crippen LogP contribution >= 0.6 is 0 Å². The van der Waals surface area contributed by atoms with Crippen LogP contribution in [0, 0.1) is 0 Å². The fourth-order valence-electron chi connectivity index (χ4n) is 3.48. The van der Waals surface area contributed by atoms with Crippen molar-refractivity contribution in [1.82, 2.24) is 0 Å². The van der Waals surface area contributed by atoms with Crippen LogP contribution in [-0.4, -0.2) is 23.4 Å². The lowest BCUT2D eigenvalue weighted by Gasteiger charge is -2.42. The summed E-state index contributed by atoms with van der Waals surface area (Å²) >= 11 is 0. The SMILES string of the molecule is CCN1c2ccc(C=Nc3cccc(O)c3)cc2C(C)=CC1(C)C. The lowest BCUT2D eigenvalue weighted by Crippen LogP contribution is -2.44. The van der Waals surface area contributed by atoms with E-state index in [2.05, 4.69) is 61.9 Å². The Morgan fingerprint density at radius 3 is 2.67 bits per heavy atom. The number of phenols is 1. The van der Waals surface area contributed by atoms with E-state index in [-0.39, 0.29) is 11.3 Å². The van der Waals surface area contributed by atoms with E-state index in [0.717, 1.165) is 17.8 Å². The van der Waals surface area contributed by atoms with Crippen LogP contribution in [0.3, 0.4) is 0 Å². The first-order valence-electron chi connectivity index (χ1n) is 8.35. The van der Waals surface area contributed by atoms with Gasteiger partial charge in [0.15, 0.2) is 0 Å². The van der Waals surface area contributed by atoms with Gasteiger partial charge in [0.2, 0.25) is 0 Å². The third kappa shape index (κ3) is 3.07. The lowest BCUT2D eigenvalue weighted by atomic mass is 9.88. The number of allylic oxidation sites excluding steroid dienone is 1. The van der Waals surface area contributed by atoms with E-state index in [9.17, 15) is 5.11 Å². The number of hydrogen-bond acceptors (Lipinski definition) is 3. The Bertz CT molecular complexity index is 818. The Hall–Kier alpha value is -2.55. The van der Waals surface area contributed by atoms with E-state index in [1.807, 2.05) is 12.3 Å². The summed E-state index contributed by atoms with van der Waals surface area (Å²) in [6.45, 7) is 9.84. The molecule has 0 bridgehead atoms. The minimum Gasteiger partial charge on any atom is -0.508 e. The van der Waals surface area contributed by atoms with Crippen LogP contribution in [-0.2, 0) is 0 Å². The molecule has 0 radical (unpaired) electrons. The van der Waals surface area contributed by atoms with Crippen LogP contribution in [0.25, 0.3) is 5.57 Å². The van der Waals surface area contributed by atoms with Crippen molar-refractivity contribution in [2.24, 2.45) is 4.99 Å². The second kappa shape index (κ2) is 6.16. The number of fused-ring (bicyclic) bond motifs is 1. The Kier molecular flexibility index (Phi) is 4.18. The van der Waals surface area contributed by atoms with Gasteiger partial charge >= 0.3 is 0 Å². The molecule has 0 unspecified atom stereocenters. The molecule has 3 heteroatoms. The summed E-state index contributed by atoms with van der Waals surface area (Å²) in [6.07, 6.45) is 4.17. The number of aliphatic imine (C=N–C) groups is 1. The fourth-order valence-corrected chi connectivity index (χ4v) is 3.48. The second-order valence-electron chi connectivity index (χ2n) is 6.78. The highest BCUT2D eigenvalue weighted by molar-refractivity contribution is 5.88. The lowest BCUT2D eigenvalue weighted by molar-refractivity contribution is 0.475. The van der Waals surface area contributed by atoms with Crippen LogP contribution in [0.15, 0.2) is 53.5 Å². The first-order chi connectivity index (χ1) is 11.4. The van der Waals surface area contributed by atoms with E-state index < -0.39 is 0 Å². The van der Waals surface area contributed by atoms with Gasteiger partial charge in [-0.25, -0.2) is 0 Å². The predicted octanol–water partition coefficient (Wildman–Crippen LogP) is 5.16. The molecule has 0 aliphatic carbocycles. The molecule has 0 atom stereocenters. The Morgan fingerprint density at radius 1 is 1.17 bits per heavy atom. The van der Waals surface area contributed by atoms with Gasteiger partial charge in [-0.05, 0) is 63.1 Å². The zero-order valence-corrected chi connectivity index (χ0v) is 14.7. The van der Waals surface area contributed by atoms with E-state index in [1.54, 1.807) is 18.2 Å². The van der Waals surface area contributed by atoms with Gasteiger partial charge < -0.3 is 10.0 Å². The third-order valence-electron chi connectivity index (χ3n) is 4.51. The second-order valence-corrected chi connectivity index (χ2v) is 6.78. The molecule has 2 aromatic carbocycles. The Labute approximate surface area is 144 Å². The first-order valence-corrected chi connectivity index (χ1v) is 8.35. The average molecular weight is 320 g/mol. The maximum Gasteiger partial charge on any atom is 0.117 e. The molecule has 2 aromatic rings. The number of likely N-dealkylation sites (N-methyl/N-ethyl adjacent to an activating group) is 1. The zero-order chi connectivity index (χ0) is 17.3. The Balaban J connectivity index is 1.96. The summed E-state index contributed by atoms with van der Waals surface area (Å²) in [7, 11) is 0. The van der Waals surface area contributed by atoms with Crippen LogP contribution in [0.5, 0.6) is 5.75 Å². The minimum atomic E-state index is 0.0308. The van der Waals surface area contributed by atoms with Gasteiger partial charge in [0.05, 0.1) is 11.2 Å². The number of hydrogen-bond donors (Lipinski definition) is 1. The standard InChI is InChI=1S/C21H24N2O/c1-5-23-20-10-9-16(11-19(20)15(2)13-21(23,3)4)14-22-17-7-6-8-18(24)12-17/h6-14,24H,5H2,1-4H3. The summed E-state index contributed by atoms with van der Waals surface area (Å²) in [5, 5.41) is 9.52. The number of benzene rings is 2.